The molecule has 3 aromatic rings. The molecule has 0 radical (unpaired) electrons. The molecular weight excluding hydrogens is 386 g/mol. The number of amides is 1. The zero-order chi connectivity index (χ0) is 20.6. The number of nitrogens with zero attached hydrogens (tertiary/aromatic N) is 1. The lowest BCUT2D eigenvalue weighted by molar-refractivity contribution is -0.123. The topological polar surface area (TPSA) is 101 Å². The second kappa shape index (κ2) is 10.4. The van der Waals surface area contributed by atoms with Gasteiger partial charge in [0.2, 0.25) is 11.8 Å². The molecule has 6 nitrogen and oxygen atoms in total. The number of thioether (sulfide) groups is 1. The Morgan fingerprint density at radius 1 is 1.21 bits per heavy atom. The molecule has 154 valence electrons. The summed E-state index contributed by atoms with van der Waals surface area (Å²) in [4.78, 5) is 16.9. The Morgan fingerprint density at radius 2 is 1.93 bits per heavy atom. The lowest BCUT2D eigenvalue weighted by Gasteiger charge is -2.23. The first-order chi connectivity index (χ1) is 14.1. The van der Waals surface area contributed by atoms with Crippen LogP contribution in [0.15, 0.2) is 59.0 Å². The Balaban J connectivity index is 1.57. The molecule has 4 N–H and O–H groups in total. The van der Waals surface area contributed by atoms with E-state index in [4.69, 9.17) is 10.2 Å². The average Bonchev–Trinajstić information content (AvgIpc) is 3.18. The van der Waals surface area contributed by atoms with E-state index in [2.05, 4.69) is 10.3 Å². The summed E-state index contributed by atoms with van der Waals surface area (Å²) in [7, 11) is 0. The van der Waals surface area contributed by atoms with Gasteiger partial charge >= 0.3 is 0 Å². The second-order valence-corrected chi connectivity index (χ2v) is 8.01. The largest absolute Gasteiger partial charge is 0.438 e. The predicted molar refractivity (Wildman–Crippen MR) is 116 cm³/mol. The van der Waals surface area contributed by atoms with Gasteiger partial charge in [0.1, 0.15) is 5.52 Å². The van der Waals surface area contributed by atoms with E-state index in [0.29, 0.717) is 23.3 Å². The van der Waals surface area contributed by atoms with E-state index in [1.54, 1.807) is 17.8 Å². The van der Waals surface area contributed by atoms with Gasteiger partial charge in [0.15, 0.2) is 11.7 Å². The third-order valence-electron chi connectivity index (χ3n) is 4.62. The number of para-hydroxylation sites is 2. The first-order valence-electron chi connectivity index (χ1n) is 9.79. The number of fused-ring (bicyclic) bond motifs is 1. The molecular formula is C22H27N3O3S. The Morgan fingerprint density at radius 3 is 2.66 bits per heavy atom. The molecule has 0 aliphatic carbocycles. The zero-order valence-corrected chi connectivity index (χ0v) is 17.3. The molecule has 7 heteroatoms. The number of aromatic nitrogens is 1. The SMILES string of the molecule is CCCC(NC(=O)C(N)CSCc1ccccc1)C(O)c1nc2ccccc2o1. The van der Waals surface area contributed by atoms with E-state index in [0.717, 1.165) is 12.2 Å². The van der Waals surface area contributed by atoms with Crippen molar-refractivity contribution in [1.29, 1.82) is 0 Å². The number of oxazole rings is 1. The van der Waals surface area contributed by atoms with E-state index < -0.39 is 18.2 Å². The van der Waals surface area contributed by atoms with Crippen LogP contribution >= 0.6 is 11.8 Å². The van der Waals surface area contributed by atoms with Crippen LogP contribution in [-0.2, 0) is 10.5 Å². The summed E-state index contributed by atoms with van der Waals surface area (Å²) < 4.78 is 5.67. The van der Waals surface area contributed by atoms with Crippen LogP contribution in [0.5, 0.6) is 0 Å². The van der Waals surface area contributed by atoms with Gasteiger partial charge in [-0.1, -0.05) is 55.8 Å². The molecule has 0 bridgehead atoms. The molecule has 0 spiro atoms. The average molecular weight is 414 g/mol. The summed E-state index contributed by atoms with van der Waals surface area (Å²) in [6.45, 7) is 1.99. The van der Waals surface area contributed by atoms with Crippen LogP contribution in [0.3, 0.4) is 0 Å². The van der Waals surface area contributed by atoms with Crippen LogP contribution in [0, 0.1) is 0 Å². The highest BCUT2D eigenvalue weighted by atomic mass is 32.2. The summed E-state index contributed by atoms with van der Waals surface area (Å²) in [6, 6.07) is 16.2. The highest BCUT2D eigenvalue weighted by Gasteiger charge is 2.28. The molecule has 2 aromatic carbocycles. The molecule has 0 saturated carbocycles. The molecule has 1 aromatic heterocycles. The van der Waals surface area contributed by atoms with Gasteiger partial charge in [-0.3, -0.25) is 4.79 Å². The van der Waals surface area contributed by atoms with Gasteiger partial charge in [-0.25, -0.2) is 4.98 Å². The normalized spacial score (nSPS) is 14.4. The highest BCUT2D eigenvalue weighted by Crippen LogP contribution is 2.24. The van der Waals surface area contributed by atoms with Gasteiger partial charge in [-0.05, 0) is 24.1 Å². The third-order valence-corrected chi connectivity index (χ3v) is 5.75. The van der Waals surface area contributed by atoms with Crippen molar-refractivity contribution in [3.8, 4) is 0 Å². The van der Waals surface area contributed by atoms with Crippen molar-refractivity contribution in [3.05, 3.63) is 66.1 Å². The minimum Gasteiger partial charge on any atom is -0.438 e. The maximum Gasteiger partial charge on any atom is 0.238 e. The van der Waals surface area contributed by atoms with Crippen LogP contribution in [0.1, 0.15) is 37.3 Å². The van der Waals surface area contributed by atoms with Gasteiger partial charge in [0, 0.05) is 11.5 Å². The number of aliphatic hydroxyl groups is 1. The zero-order valence-electron chi connectivity index (χ0n) is 16.5. The van der Waals surface area contributed by atoms with E-state index in [-0.39, 0.29) is 11.8 Å². The molecule has 0 aliphatic rings. The van der Waals surface area contributed by atoms with Gasteiger partial charge in [0.05, 0.1) is 12.1 Å². The molecule has 1 heterocycles. The van der Waals surface area contributed by atoms with Crippen molar-refractivity contribution in [2.75, 3.05) is 5.75 Å². The summed E-state index contributed by atoms with van der Waals surface area (Å²) in [6.07, 6.45) is 0.353. The van der Waals surface area contributed by atoms with Crippen LogP contribution in [0.25, 0.3) is 11.1 Å². The van der Waals surface area contributed by atoms with Crippen molar-refractivity contribution in [1.82, 2.24) is 10.3 Å². The number of carbonyl (C=O) groups excluding carboxylic acids is 1. The monoisotopic (exact) mass is 413 g/mol. The number of nitrogens with one attached hydrogen (secondary N) is 1. The summed E-state index contributed by atoms with van der Waals surface area (Å²) in [5.74, 6) is 1.22. The van der Waals surface area contributed by atoms with E-state index in [1.807, 2.05) is 55.5 Å². The van der Waals surface area contributed by atoms with E-state index >= 15 is 0 Å². The van der Waals surface area contributed by atoms with Crippen LogP contribution < -0.4 is 11.1 Å². The highest BCUT2D eigenvalue weighted by molar-refractivity contribution is 7.98. The Kier molecular flexibility index (Phi) is 7.69. The Bertz CT molecular complexity index is 883. The van der Waals surface area contributed by atoms with E-state index in [1.165, 1.54) is 5.56 Å². The molecule has 1 amide bonds. The number of nitrogens with two attached hydrogens (primary N) is 1. The van der Waals surface area contributed by atoms with Crippen LogP contribution in [0.4, 0.5) is 0 Å². The fourth-order valence-corrected chi connectivity index (χ4v) is 4.00. The van der Waals surface area contributed by atoms with Crippen molar-refractivity contribution in [2.24, 2.45) is 5.73 Å². The maximum atomic E-state index is 12.6. The second-order valence-electron chi connectivity index (χ2n) is 6.98. The first-order valence-corrected chi connectivity index (χ1v) is 10.9. The summed E-state index contributed by atoms with van der Waals surface area (Å²) >= 11 is 1.61. The van der Waals surface area contributed by atoms with Crippen LogP contribution in [-0.4, -0.2) is 33.8 Å². The number of rotatable bonds is 10. The lowest BCUT2D eigenvalue weighted by atomic mass is 10.1. The van der Waals surface area contributed by atoms with E-state index in [9.17, 15) is 9.90 Å². The molecule has 3 atom stereocenters. The van der Waals surface area contributed by atoms with Gasteiger partial charge in [-0.15, -0.1) is 0 Å². The summed E-state index contributed by atoms with van der Waals surface area (Å²) in [5.41, 5.74) is 8.55. The third kappa shape index (κ3) is 5.82. The van der Waals surface area contributed by atoms with Crippen molar-refractivity contribution >= 4 is 28.8 Å². The number of hydrogen-bond acceptors (Lipinski definition) is 6. The van der Waals surface area contributed by atoms with Crippen molar-refractivity contribution in [3.63, 3.8) is 0 Å². The molecule has 0 fully saturated rings. The number of carbonyl (C=O) groups is 1. The molecule has 29 heavy (non-hydrogen) atoms. The molecule has 0 saturated heterocycles. The quantitative estimate of drug-likeness (QED) is 0.471. The standard InChI is InChI=1S/C22H27N3O3S/c1-2-8-18(20(26)22-25-17-11-6-7-12-19(17)28-22)24-21(27)16(23)14-29-13-15-9-4-3-5-10-15/h3-7,9-12,16,18,20,26H,2,8,13-14,23H2,1H3,(H,24,27). The number of aliphatic hydroxyl groups excluding tert-OH is 1. The lowest BCUT2D eigenvalue weighted by Crippen LogP contribution is -2.48. The number of hydrogen-bond donors (Lipinski definition) is 3. The fraction of sp³-hybridized carbons (Fsp3) is 0.364. The van der Waals surface area contributed by atoms with Gasteiger partial charge in [-0.2, -0.15) is 11.8 Å². The molecule has 3 rings (SSSR count). The maximum absolute atomic E-state index is 12.6. The van der Waals surface area contributed by atoms with Crippen molar-refractivity contribution < 1.29 is 14.3 Å². The first kappa shape index (κ1) is 21.4. The molecule has 0 aliphatic heterocycles. The van der Waals surface area contributed by atoms with Gasteiger partial charge < -0.3 is 20.6 Å². The van der Waals surface area contributed by atoms with Gasteiger partial charge in [0.25, 0.3) is 0 Å². The van der Waals surface area contributed by atoms with Crippen LogP contribution in [0.2, 0.25) is 0 Å². The minimum absolute atomic E-state index is 0.206. The predicted octanol–water partition coefficient (Wildman–Crippen LogP) is 3.41. The Labute approximate surface area is 174 Å². The smallest absolute Gasteiger partial charge is 0.238 e. The van der Waals surface area contributed by atoms with Crippen molar-refractivity contribution in [2.45, 2.75) is 43.7 Å². The fourth-order valence-electron chi connectivity index (χ4n) is 3.05. The summed E-state index contributed by atoms with van der Waals surface area (Å²) in [5, 5.41) is 13.6. The Hall–Kier alpha value is -2.35. The minimum atomic E-state index is -1.03. The molecule has 3 unspecified atom stereocenters. The number of benzene rings is 2.